The molecule has 29 heavy (non-hydrogen) atoms. The van der Waals surface area contributed by atoms with E-state index in [1.165, 1.54) is 0 Å². The molecule has 0 fully saturated rings. The molecule has 8 heteroatoms. The number of anilines is 1. The van der Waals surface area contributed by atoms with Crippen molar-refractivity contribution in [3.05, 3.63) is 47.5 Å². The van der Waals surface area contributed by atoms with Crippen LogP contribution in [0, 0.1) is 24.5 Å². The Morgan fingerprint density at radius 3 is 2.17 bits per heavy atom. The number of nitrogens with zero attached hydrogens (tertiary/aromatic N) is 1. The molecule has 152 valence electrons. The summed E-state index contributed by atoms with van der Waals surface area (Å²) in [5, 5.41) is 13.5. The third-order valence-corrected chi connectivity index (χ3v) is 4.35. The van der Waals surface area contributed by atoms with Gasteiger partial charge in [-0.2, -0.15) is 5.26 Å². The fourth-order valence-electron chi connectivity index (χ4n) is 2.54. The Bertz CT molecular complexity index is 883. The van der Waals surface area contributed by atoms with Crippen molar-refractivity contribution in [2.75, 3.05) is 25.1 Å². The second-order valence-corrected chi connectivity index (χ2v) is 6.89. The van der Waals surface area contributed by atoms with Crippen molar-refractivity contribution in [1.29, 1.82) is 5.26 Å². The highest BCUT2D eigenvalue weighted by molar-refractivity contribution is 8.03. The Balaban J connectivity index is 1.80. The maximum atomic E-state index is 12.1. The Morgan fingerprint density at radius 2 is 1.62 bits per heavy atom. The van der Waals surface area contributed by atoms with Gasteiger partial charge in [0.1, 0.15) is 16.9 Å². The fraction of sp³-hybridized carbons (Fsp3) is 0.286. The summed E-state index contributed by atoms with van der Waals surface area (Å²) in [6.45, 7) is 5.40. The Hall–Kier alpha value is -3.18. The molecule has 0 atom stereocenters. The van der Waals surface area contributed by atoms with Gasteiger partial charge >= 0.3 is 5.97 Å². The summed E-state index contributed by atoms with van der Waals surface area (Å²) in [7, 11) is 0. The summed E-state index contributed by atoms with van der Waals surface area (Å²) in [4.78, 5) is 24.7. The van der Waals surface area contributed by atoms with E-state index in [9.17, 15) is 9.59 Å². The molecule has 0 aliphatic carbocycles. The Kier molecular flexibility index (Phi) is 8.37. The first-order chi connectivity index (χ1) is 13.9. The lowest BCUT2D eigenvalue weighted by atomic mass is 10.1. The molecule has 1 amide bonds. The van der Waals surface area contributed by atoms with Gasteiger partial charge in [-0.05, 0) is 80.1 Å². The largest absolute Gasteiger partial charge is 0.494 e. The molecule has 2 aromatic carbocycles. The van der Waals surface area contributed by atoms with E-state index < -0.39 is 18.5 Å². The number of thiocyanates is 1. The number of carbonyl (C=O) groups is 2. The highest BCUT2D eigenvalue weighted by atomic mass is 32.2. The number of ether oxygens (including phenoxy) is 3. The molecule has 0 saturated carbocycles. The van der Waals surface area contributed by atoms with E-state index in [0.29, 0.717) is 23.8 Å². The molecular weight excluding hydrogens is 392 g/mol. The molecule has 1 N–H and O–H groups in total. The van der Waals surface area contributed by atoms with Gasteiger partial charge in [-0.1, -0.05) is 0 Å². The van der Waals surface area contributed by atoms with Crippen LogP contribution in [0.3, 0.4) is 0 Å². The van der Waals surface area contributed by atoms with Crippen LogP contribution in [0.4, 0.5) is 5.69 Å². The number of nitrogens with one attached hydrogen (secondary N) is 1. The number of nitriles is 1. The molecule has 2 rings (SSSR count). The number of aryl methyl sites for hydroxylation is 2. The van der Waals surface area contributed by atoms with Gasteiger partial charge in [0, 0.05) is 10.6 Å². The first-order valence-electron chi connectivity index (χ1n) is 8.91. The van der Waals surface area contributed by atoms with Gasteiger partial charge in [-0.15, -0.1) is 0 Å². The van der Waals surface area contributed by atoms with Gasteiger partial charge in [0.2, 0.25) is 0 Å². The van der Waals surface area contributed by atoms with Gasteiger partial charge in [0.15, 0.2) is 13.2 Å². The summed E-state index contributed by atoms with van der Waals surface area (Å²) in [6, 6.07) is 10.5. The number of carbonyl (C=O) groups excluding carboxylic acids is 2. The van der Waals surface area contributed by atoms with Gasteiger partial charge in [-0.25, -0.2) is 4.79 Å². The third-order valence-electron chi connectivity index (χ3n) is 3.79. The van der Waals surface area contributed by atoms with Gasteiger partial charge < -0.3 is 19.5 Å². The number of hydrogen-bond acceptors (Lipinski definition) is 7. The predicted octanol–water partition coefficient (Wildman–Crippen LogP) is 3.84. The third kappa shape index (κ3) is 7.05. The standard InChI is InChI=1S/C21H22N2O5S/c1-4-26-16-5-7-17(8-6-16)27-12-20(25)28-11-19(24)23-21-14(2)9-18(29-13-22)10-15(21)3/h5-10H,4,11-12H2,1-3H3,(H,23,24). The van der Waals surface area contributed by atoms with Crippen LogP contribution in [0.5, 0.6) is 11.5 Å². The van der Waals surface area contributed by atoms with E-state index in [0.717, 1.165) is 27.8 Å². The van der Waals surface area contributed by atoms with Gasteiger partial charge in [0.25, 0.3) is 5.91 Å². The average molecular weight is 414 g/mol. The topological polar surface area (TPSA) is 97.7 Å². The van der Waals surface area contributed by atoms with E-state index >= 15 is 0 Å². The fourth-order valence-corrected chi connectivity index (χ4v) is 3.11. The van der Waals surface area contributed by atoms with Crippen LogP contribution in [0.2, 0.25) is 0 Å². The van der Waals surface area contributed by atoms with E-state index in [4.69, 9.17) is 19.5 Å². The number of benzene rings is 2. The first kappa shape index (κ1) is 22.1. The Morgan fingerprint density at radius 1 is 1.03 bits per heavy atom. The van der Waals surface area contributed by atoms with Crippen LogP contribution in [0.1, 0.15) is 18.1 Å². The summed E-state index contributed by atoms with van der Waals surface area (Å²) in [6.07, 6.45) is 0. The monoisotopic (exact) mass is 414 g/mol. The molecule has 0 aliphatic rings. The summed E-state index contributed by atoms with van der Waals surface area (Å²) >= 11 is 1.05. The van der Waals surface area contributed by atoms with Crippen molar-refractivity contribution in [3.8, 4) is 16.9 Å². The molecule has 0 unspecified atom stereocenters. The molecule has 0 aromatic heterocycles. The molecule has 7 nitrogen and oxygen atoms in total. The summed E-state index contributed by atoms with van der Waals surface area (Å²) in [5.41, 5.74) is 2.28. The lowest BCUT2D eigenvalue weighted by Crippen LogP contribution is -2.24. The zero-order valence-corrected chi connectivity index (χ0v) is 17.3. The number of hydrogen-bond donors (Lipinski definition) is 1. The van der Waals surface area contributed by atoms with Crippen LogP contribution in [-0.2, 0) is 14.3 Å². The van der Waals surface area contributed by atoms with Crippen molar-refractivity contribution in [2.24, 2.45) is 0 Å². The minimum atomic E-state index is -0.650. The van der Waals surface area contributed by atoms with Crippen LogP contribution in [-0.4, -0.2) is 31.7 Å². The predicted molar refractivity (Wildman–Crippen MR) is 110 cm³/mol. The number of esters is 1. The number of thioether (sulfide) groups is 1. The highest BCUT2D eigenvalue weighted by Crippen LogP contribution is 2.27. The molecule has 0 radical (unpaired) electrons. The van der Waals surface area contributed by atoms with Gasteiger partial charge in [0.05, 0.1) is 6.61 Å². The zero-order valence-electron chi connectivity index (χ0n) is 16.5. The lowest BCUT2D eigenvalue weighted by Gasteiger charge is -2.13. The number of amides is 1. The van der Waals surface area contributed by atoms with E-state index in [1.54, 1.807) is 24.3 Å². The summed E-state index contributed by atoms with van der Waals surface area (Å²) in [5.74, 6) is 0.106. The molecule has 0 spiro atoms. The van der Waals surface area contributed by atoms with Crippen LogP contribution in [0.25, 0.3) is 0 Å². The molecule has 0 saturated heterocycles. The van der Waals surface area contributed by atoms with Crippen molar-refractivity contribution < 1.29 is 23.8 Å². The van der Waals surface area contributed by atoms with Crippen LogP contribution >= 0.6 is 11.8 Å². The van der Waals surface area contributed by atoms with Crippen molar-refractivity contribution in [3.63, 3.8) is 0 Å². The second kappa shape index (κ2) is 11.0. The first-order valence-corrected chi connectivity index (χ1v) is 9.73. The zero-order chi connectivity index (χ0) is 21.2. The SMILES string of the molecule is CCOc1ccc(OCC(=O)OCC(=O)Nc2c(C)cc(SC#N)cc2C)cc1. The smallest absolute Gasteiger partial charge is 0.344 e. The molecule has 2 aromatic rings. The van der Waals surface area contributed by atoms with E-state index in [-0.39, 0.29) is 6.61 Å². The normalized spacial score (nSPS) is 10.0. The van der Waals surface area contributed by atoms with Crippen molar-refractivity contribution in [2.45, 2.75) is 25.7 Å². The lowest BCUT2D eigenvalue weighted by molar-refractivity contribution is -0.149. The highest BCUT2D eigenvalue weighted by Gasteiger charge is 2.12. The van der Waals surface area contributed by atoms with Crippen molar-refractivity contribution in [1.82, 2.24) is 0 Å². The van der Waals surface area contributed by atoms with E-state index in [2.05, 4.69) is 5.32 Å². The molecule has 0 heterocycles. The Labute approximate surface area is 174 Å². The minimum Gasteiger partial charge on any atom is -0.494 e. The van der Waals surface area contributed by atoms with Crippen molar-refractivity contribution >= 4 is 29.3 Å². The summed E-state index contributed by atoms with van der Waals surface area (Å²) < 4.78 is 15.6. The molecule has 0 bridgehead atoms. The average Bonchev–Trinajstić information content (AvgIpc) is 2.69. The maximum Gasteiger partial charge on any atom is 0.344 e. The number of rotatable bonds is 9. The molecular formula is C21H22N2O5S. The maximum absolute atomic E-state index is 12.1. The van der Waals surface area contributed by atoms with Crippen LogP contribution < -0.4 is 14.8 Å². The van der Waals surface area contributed by atoms with Crippen LogP contribution in [0.15, 0.2) is 41.3 Å². The quantitative estimate of drug-likeness (QED) is 0.378. The minimum absolute atomic E-state index is 0.306. The molecule has 0 aliphatic heterocycles. The second-order valence-electron chi connectivity index (χ2n) is 6.03. The van der Waals surface area contributed by atoms with E-state index in [1.807, 2.05) is 38.3 Å². The van der Waals surface area contributed by atoms with Gasteiger partial charge in [-0.3, -0.25) is 4.79 Å².